The van der Waals surface area contributed by atoms with Gasteiger partial charge in [-0.3, -0.25) is 14.3 Å². The van der Waals surface area contributed by atoms with Gasteiger partial charge >= 0.3 is 0 Å². The molecule has 4 rings (SSSR count). The molecule has 0 radical (unpaired) electrons. The van der Waals surface area contributed by atoms with Crippen LogP contribution in [-0.4, -0.2) is 37.6 Å². The first-order valence-corrected chi connectivity index (χ1v) is 11.6. The molecule has 0 saturated heterocycles. The van der Waals surface area contributed by atoms with Gasteiger partial charge in [0.05, 0.1) is 17.0 Å². The first-order valence-electron chi connectivity index (χ1n) is 9.84. The molecule has 0 atom stereocenters. The van der Waals surface area contributed by atoms with Crippen LogP contribution in [0.1, 0.15) is 11.1 Å². The van der Waals surface area contributed by atoms with Crippen molar-refractivity contribution < 1.29 is 4.79 Å². The monoisotopic (exact) mass is 496 g/mol. The van der Waals surface area contributed by atoms with Crippen molar-refractivity contribution in [1.82, 2.24) is 25.2 Å². The molecule has 33 heavy (non-hydrogen) atoms. The van der Waals surface area contributed by atoms with Crippen LogP contribution in [0.5, 0.6) is 0 Å². The largest absolute Gasteiger partial charge is 0.272 e. The summed E-state index contributed by atoms with van der Waals surface area (Å²) in [5.74, 6) is 0.483. The normalized spacial score (nSPS) is 11.1. The van der Waals surface area contributed by atoms with Gasteiger partial charge in [0.1, 0.15) is 0 Å². The van der Waals surface area contributed by atoms with E-state index in [0.717, 1.165) is 16.8 Å². The van der Waals surface area contributed by atoms with Gasteiger partial charge in [0.25, 0.3) is 5.91 Å². The fourth-order valence-corrected chi connectivity index (χ4v) is 4.12. The summed E-state index contributed by atoms with van der Waals surface area (Å²) in [6.07, 6.45) is 4.88. The molecule has 0 aliphatic rings. The Morgan fingerprint density at radius 2 is 1.85 bits per heavy atom. The number of benzene rings is 2. The Balaban J connectivity index is 1.49. The minimum Gasteiger partial charge on any atom is -0.272 e. The van der Waals surface area contributed by atoms with Crippen molar-refractivity contribution in [3.8, 4) is 17.1 Å². The average molecular weight is 497 g/mol. The number of carbonyl (C=O) groups is 1. The van der Waals surface area contributed by atoms with Gasteiger partial charge in [-0.2, -0.15) is 5.10 Å². The maximum Gasteiger partial charge on any atom is 0.250 e. The van der Waals surface area contributed by atoms with E-state index in [1.807, 2.05) is 47.9 Å². The highest BCUT2D eigenvalue weighted by atomic mass is 35.5. The topological polar surface area (TPSA) is 85.1 Å². The van der Waals surface area contributed by atoms with E-state index in [1.54, 1.807) is 30.6 Å². The van der Waals surface area contributed by atoms with Gasteiger partial charge in [-0.15, -0.1) is 10.2 Å². The number of amides is 1. The molecule has 7 nitrogen and oxygen atoms in total. The number of carbonyl (C=O) groups excluding carboxylic acids is 1. The summed E-state index contributed by atoms with van der Waals surface area (Å²) in [6.45, 7) is 2.03. The smallest absolute Gasteiger partial charge is 0.250 e. The van der Waals surface area contributed by atoms with Crippen molar-refractivity contribution in [1.29, 1.82) is 0 Å². The quantitative estimate of drug-likeness (QED) is 0.216. The molecular formula is C23H18Cl2N6OS. The summed E-state index contributed by atoms with van der Waals surface area (Å²) in [5.41, 5.74) is 6.06. The summed E-state index contributed by atoms with van der Waals surface area (Å²) in [4.78, 5) is 16.4. The molecule has 0 aliphatic carbocycles. The molecule has 2 heterocycles. The molecule has 2 aromatic heterocycles. The third-order valence-electron chi connectivity index (χ3n) is 4.55. The van der Waals surface area contributed by atoms with Crippen LogP contribution in [0, 0.1) is 6.92 Å². The van der Waals surface area contributed by atoms with Crippen molar-refractivity contribution in [3.63, 3.8) is 0 Å². The lowest BCUT2D eigenvalue weighted by atomic mass is 10.2. The highest BCUT2D eigenvalue weighted by molar-refractivity contribution is 7.99. The minimum absolute atomic E-state index is 0.103. The molecular weight excluding hydrogens is 479 g/mol. The van der Waals surface area contributed by atoms with Gasteiger partial charge < -0.3 is 0 Å². The fraction of sp³-hybridized carbons (Fsp3) is 0.0870. The average Bonchev–Trinajstić information content (AvgIpc) is 3.24. The standard InChI is InChI=1S/C23H18Cl2N6OS/c1-15-2-6-19(7-3-15)31-22(16-8-10-26-11-9-16)29-30-23(31)33-14-21(32)28-27-13-17-4-5-18(24)12-20(17)25/h2-13H,14H2,1H3,(H,28,32). The zero-order chi connectivity index (χ0) is 23.2. The third-order valence-corrected chi connectivity index (χ3v) is 6.04. The van der Waals surface area contributed by atoms with E-state index < -0.39 is 0 Å². The lowest BCUT2D eigenvalue weighted by Crippen LogP contribution is -2.20. The van der Waals surface area contributed by atoms with Crippen LogP contribution >= 0.6 is 35.0 Å². The van der Waals surface area contributed by atoms with Crippen LogP contribution in [0.4, 0.5) is 0 Å². The van der Waals surface area contributed by atoms with Gasteiger partial charge in [-0.05, 0) is 43.3 Å². The van der Waals surface area contributed by atoms with Gasteiger partial charge in [0.2, 0.25) is 0 Å². The number of aromatic nitrogens is 4. The van der Waals surface area contributed by atoms with Crippen LogP contribution in [0.25, 0.3) is 17.1 Å². The molecule has 10 heteroatoms. The van der Waals surface area contributed by atoms with Crippen molar-refractivity contribution >= 4 is 47.1 Å². The zero-order valence-corrected chi connectivity index (χ0v) is 19.8. The second kappa shape index (κ2) is 10.6. The molecule has 0 aliphatic heterocycles. The van der Waals surface area contributed by atoms with Crippen molar-refractivity contribution in [2.45, 2.75) is 12.1 Å². The number of aryl methyl sites for hydroxylation is 1. The molecule has 0 saturated carbocycles. The highest BCUT2D eigenvalue weighted by Gasteiger charge is 2.17. The Hall–Kier alpha value is -3.20. The predicted octanol–water partition coefficient (Wildman–Crippen LogP) is 5.19. The van der Waals surface area contributed by atoms with Crippen LogP contribution in [-0.2, 0) is 4.79 Å². The molecule has 0 unspecified atom stereocenters. The van der Waals surface area contributed by atoms with E-state index in [9.17, 15) is 4.79 Å². The van der Waals surface area contributed by atoms with Crippen molar-refractivity contribution in [2.24, 2.45) is 5.10 Å². The van der Waals surface area contributed by atoms with E-state index in [2.05, 4.69) is 25.7 Å². The molecule has 0 bridgehead atoms. The maximum atomic E-state index is 12.3. The first-order chi connectivity index (χ1) is 16.0. The Morgan fingerprint density at radius 3 is 2.58 bits per heavy atom. The zero-order valence-electron chi connectivity index (χ0n) is 17.4. The van der Waals surface area contributed by atoms with Gasteiger partial charge in [-0.25, -0.2) is 5.43 Å². The maximum absolute atomic E-state index is 12.3. The Bertz CT molecular complexity index is 1290. The highest BCUT2D eigenvalue weighted by Crippen LogP contribution is 2.28. The molecule has 4 aromatic rings. The second-order valence-corrected chi connectivity index (χ2v) is 8.75. The number of hydrogen-bond acceptors (Lipinski definition) is 6. The number of hydrazone groups is 1. The van der Waals surface area contributed by atoms with Gasteiger partial charge in [-0.1, -0.05) is 58.7 Å². The fourth-order valence-electron chi connectivity index (χ4n) is 2.92. The van der Waals surface area contributed by atoms with E-state index in [-0.39, 0.29) is 11.7 Å². The predicted molar refractivity (Wildman–Crippen MR) is 132 cm³/mol. The Labute approximate surface area is 204 Å². The van der Waals surface area contributed by atoms with E-state index in [0.29, 0.717) is 26.6 Å². The second-order valence-electron chi connectivity index (χ2n) is 6.96. The van der Waals surface area contributed by atoms with Crippen LogP contribution < -0.4 is 5.43 Å². The van der Waals surface area contributed by atoms with Crippen LogP contribution in [0.15, 0.2) is 77.2 Å². The number of nitrogens with zero attached hydrogens (tertiary/aromatic N) is 5. The SMILES string of the molecule is Cc1ccc(-n2c(SCC(=O)NN=Cc3ccc(Cl)cc3Cl)nnc2-c2ccncc2)cc1. The third kappa shape index (κ3) is 5.78. The first kappa shape index (κ1) is 23.0. The summed E-state index contributed by atoms with van der Waals surface area (Å²) < 4.78 is 1.92. The Morgan fingerprint density at radius 1 is 1.09 bits per heavy atom. The van der Waals surface area contributed by atoms with Gasteiger partial charge in [0, 0.05) is 34.2 Å². The number of thioether (sulfide) groups is 1. The molecule has 0 fully saturated rings. The molecule has 1 N–H and O–H groups in total. The number of rotatable bonds is 7. The minimum atomic E-state index is -0.287. The Kier molecular flexibility index (Phi) is 7.39. The summed E-state index contributed by atoms with van der Waals surface area (Å²) in [7, 11) is 0. The number of hydrogen-bond donors (Lipinski definition) is 1. The van der Waals surface area contributed by atoms with Gasteiger partial charge in [0.15, 0.2) is 11.0 Å². The van der Waals surface area contributed by atoms with Crippen molar-refractivity contribution in [3.05, 3.63) is 88.2 Å². The lowest BCUT2D eigenvalue weighted by molar-refractivity contribution is -0.118. The number of halogens is 2. The number of nitrogens with one attached hydrogen (secondary N) is 1. The summed E-state index contributed by atoms with van der Waals surface area (Å²) >= 11 is 13.3. The molecule has 1 amide bonds. The van der Waals surface area contributed by atoms with E-state index in [1.165, 1.54) is 18.0 Å². The lowest BCUT2D eigenvalue weighted by Gasteiger charge is -2.10. The van der Waals surface area contributed by atoms with Crippen LogP contribution in [0.3, 0.4) is 0 Å². The summed E-state index contributed by atoms with van der Waals surface area (Å²) in [6, 6.07) is 16.8. The van der Waals surface area contributed by atoms with Crippen molar-refractivity contribution in [2.75, 3.05) is 5.75 Å². The van der Waals surface area contributed by atoms with E-state index in [4.69, 9.17) is 23.2 Å². The molecule has 2 aromatic carbocycles. The number of pyridine rings is 1. The molecule has 0 spiro atoms. The molecule has 166 valence electrons. The summed E-state index contributed by atoms with van der Waals surface area (Å²) in [5, 5.41) is 14.2. The van der Waals surface area contributed by atoms with Crippen LogP contribution in [0.2, 0.25) is 10.0 Å². The van der Waals surface area contributed by atoms with E-state index >= 15 is 0 Å².